The summed E-state index contributed by atoms with van der Waals surface area (Å²) in [4.78, 5) is 21.6. The molecule has 134 valence electrons. The van der Waals surface area contributed by atoms with E-state index in [1.54, 1.807) is 12.1 Å². The van der Waals surface area contributed by atoms with Crippen LogP contribution in [0.2, 0.25) is 5.02 Å². The van der Waals surface area contributed by atoms with Gasteiger partial charge in [0.25, 0.3) is 0 Å². The van der Waals surface area contributed by atoms with Gasteiger partial charge in [-0.25, -0.2) is 14.8 Å². The van der Waals surface area contributed by atoms with Crippen molar-refractivity contribution in [3.05, 3.63) is 63.9 Å². The normalized spacial score (nSPS) is 16.6. The van der Waals surface area contributed by atoms with E-state index in [0.29, 0.717) is 12.2 Å². The Labute approximate surface area is 161 Å². The van der Waals surface area contributed by atoms with Gasteiger partial charge >= 0.3 is 5.97 Å². The number of aromatic carboxylic acids is 1. The molecule has 0 spiro atoms. The van der Waals surface area contributed by atoms with E-state index in [1.807, 2.05) is 13.0 Å². The van der Waals surface area contributed by atoms with Crippen LogP contribution < -0.4 is 5.73 Å². The number of hydrogen-bond acceptors (Lipinski definition) is 5. The third-order valence-electron chi connectivity index (χ3n) is 4.36. The van der Waals surface area contributed by atoms with Gasteiger partial charge in [0.05, 0.1) is 21.2 Å². The Morgan fingerprint density at radius 2 is 2.23 bits per heavy atom. The van der Waals surface area contributed by atoms with Crippen LogP contribution in [0, 0.1) is 0 Å². The highest BCUT2D eigenvalue weighted by atomic mass is 35.5. The third-order valence-corrected chi connectivity index (χ3v) is 5.86. The van der Waals surface area contributed by atoms with E-state index >= 15 is 0 Å². The number of fused-ring (bicyclic) bond motifs is 1. The number of allylic oxidation sites excluding steroid dienone is 3. The standard InChI is InChI=1S/C19H18ClN3O2S/c1-3-11(12-5-7-15(20)14(8-12)19(24)25)4-6-13-10(2)26-17-16(13)22-9-23-18(17)21/h4-5,7-9,13H,2-3,6H2,1H3,(H,24,25)(H2,21,22,23). The molecule has 0 aliphatic carbocycles. The van der Waals surface area contributed by atoms with Crippen molar-refractivity contribution in [1.82, 2.24) is 9.97 Å². The van der Waals surface area contributed by atoms with Gasteiger partial charge in [0.1, 0.15) is 12.1 Å². The van der Waals surface area contributed by atoms with E-state index in [0.717, 1.165) is 33.1 Å². The van der Waals surface area contributed by atoms with Crippen LogP contribution in [-0.2, 0) is 0 Å². The molecule has 5 nitrogen and oxygen atoms in total. The molecule has 0 saturated heterocycles. The first kappa shape index (κ1) is 18.5. The minimum atomic E-state index is -1.03. The number of benzene rings is 1. The Hall–Kier alpha value is -2.31. The lowest BCUT2D eigenvalue weighted by molar-refractivity contribution is 0.0697. The van der Waals surface area contributed by atoms with Crippen molar-refractivity contribution >= 4 is 40.7 Å². The second kappa shape index (κ2) is 7.51. The van der Waals surface area contributed by atoms with Gasteiger partial charge in [0.2, 0.25) is 0 Å². The Morgan fingerprint density at radius 3 is 2.92 bits per heavy atom. The molecule has 3 rings (SSSR count). The maximum atomic E-state index is 11.3. The Bertz CT molecular complexity index is 927. The lowest BCUT2D eigenvalue weighted by Crippen LogP contribution is -2.01. The van der Waals surface area contributed by atoms with Crippen LogP contribution >= 0.6 is 23.4 Å². The largest absolute Gasteiger partial charge is 0.478 e. The average molecular weight is 388 g/mol. The van der Waals surface area contributed by atoms with Crippen molar-refractivity contribution in [1.29, 1.82) is 0 Å². The van der Waals surface area contributed by atoms with Crippen molar-refractivity contribution in [2.24, 2.45) is 0 Å². The predicted molar refractivity (Wildman–Crippen MR) is 105 cm³/mol. The van der Waals surface area contributed by atoms with E-state index in [4.69, 9.17) is 17.3 Å². The zero-order valence-electron chi connectivity index (χ0n) is 14.2. The molecule has 1 aromatic carbocycles. The number of carbonyl (C=O) groups is 1. The Kier molecular flexibility index (Phi) is 5.34. The molecule has 1 aliphatic heterocycles. The van der Waals surface area contributed by atoms with Crippen LogP contribution in [0.15, 0.2) is 47.0 Å². The molecule has 1 aromatic heterocycles. The van der Waals surface area contributed by atoms with E-state index in [1.165, 1.54) is 18.1 Å². The summed E-state index contributed by atoms with van der Waals surface area (Å²) in [7, 11) is 0. The molecule has 3 N–H and O–H groups in total. The summed E-state index contributed by atoms with van der Waals surface area (Å²) in [5, 5.41) is 9.51. The number of carboxylic acids is 1. The highest BCUT2D eigenvalue weighted by Gasteiger charge is 2.29. The summed E-state index contributed by atoms with van der Waals surface area (Å²) in [5.41, 5.74) is 8.85. The zero-order chi connectivity index (χ0) is 18.8. The average Bonchev–Trinajstić information content (AvgIpc) is 2.93. The summed E-state index contributed by atoms with van der Waals surface area (Å²) >= 11 is 7.49. The van der Waals surface area contributed by atoms with Gasteiger partial charge in [0.15, 0.2) is 0 Å². The molecular weight excluding hydrogens is 370 g/mol. The SMILES string of the molecule is C=C1Sc2c(N)ncnc2C1CC=C(CC)c1ccc(Cl)c(C(=O)O)c1. The number of rotatable bonds is 5. The first-order valence-corrected chi connectivity index (χ1v) is 9.31. The second-order valence-corrected chi connectivity index (χ2v) is 7.46. The molecular formula is C19H18ClN3O2S. The van der Waals surface area contributed by atoms with Crippen LogP contribution in [0.25, 0.3) is 5.57 Å². The van der Waals surface area contributed by atoms with Crippen LogP contribution in [-0.4, -0.2) is 21.0 Å². The smallest absolute Gasteiger partial charge is 0.337 e. The number of thioether (sulfide) groups is 1. The molecule has 1 unspecified atom stereocenters. The monoisotopic (exact) mass is 387 g/mol. The van der Waals surface area contributed by atoms with Gasteiger partial charge in [-0.15, -0.1) is 0 Å². The molecule has 7 heteroatoms. The molecule has 0 fully saturated rings. The Morgan fingerprint density at radius 1 is 1.46 bits per heavy atom. The van der Waals surface area contributed by atoms with Gasteiger partial charge in [-0.05, 0) is 41.0 Å². The third kappa shape index (κ3) is 3.48. The number of carboxylic acid groups (broad SMARTS) is 1. The van der Waals surface area contributed by atoms with E-state index < -0.39 is 5.97 Å². The molecule has 0 amide bonds. The van der Waals surface area contributed by atoms with E-state index in [9.17, 15) is 9.90 Å². The lowest BCUT2D eigenvalue weighted by Gasteiger charge is -2.12. The van der Waals surface area contributed by atoms with Gasteiger partial charge in [-0.3, -0.25) is 0 Å². The number of anilines is 1. The minimum Gasteiger partial charge on any atom is -0.478 e. The number of aromatic nitrogens is 2. The van der Waals surface area contributed by atoms with Gasteiger partial charge in [-0.2, -0.15) is 0 Å². The fourth-order valence-corrected chi connectivity index (χ4v) is 4.24. The maximum absolute atomic E-state index is 11.3. The first-order chi connectivity index (χ1) is 12.4. The maximum Gasteiger partial charge on any atom is 0.337 e. The highest BCUT2D eigenvalue weighted by molar-refractivity contribution is 8.03. The van der Waals surface area contributed by atoms with Crippen LogP contribution in [0.5, 0.6) is 0 Å². The number of nitrogens with two attached hydrogens (primary N) is 1. The molecule has 26 heavy (non-hydrogen) atoms. The molecule has 1 aliphatic rings. The molecule has 0 saturated carbocycles. The van der Waals surface area contributed by atoms with Gasteiger partial charge in [-0.1, -0.05) is 49.0 Å². The highest BCUT2D eigenvalue weighted by Crippen LogP contribution is 2.50. The number of halogens is 1. The summed E-state index contributed by atoms with van der Waals surface area (Å²) in [6.07, 6.45) is 5.07. The van der Waals surface area contributed by atoms with E-state index in [2.05, 4.69) is 22.6 Å². The summed E-state index contributed by atoms with van der Waals surface area (Å²) in [5.74, 6) is -0.491. The van der Waals surface area contributed by atoms with E-state index in [-0.39, 0.29) is 16.5 Å². The fourth-order valence-electron chi connectivity index (χ4n) is 2.97. The molecule has 2 heterocycles. The van der Waals surface area contributed by atoms with Crippen molar-refractivity contribution in [3.8, 4) is 0 Å². The minimum absolute atomic E-state index is 0.0631. The van der Waals surface area contributed by atoms with Gasteiger partial charge < -0.3 is 10.8 Å². The van der Waals surface area contributed by atoms with Crippen LogP contribution in [0.4, 0.5) is 5.82 Å². The quantitative estimate of drug-likeness (QED) is 0.750. The number of nitrogens with zero attached hydrogens (tertiary/aromatic N) is 2. The summed E-state index contributed by atoms with van der Waals surface area (Å²) < 4.78 is 0. The van der Waals surface area contributed by atoms with Crippen molar-refractivity contribution in [3.63, 3.8) is 0 Å². The molecule has 0 radical (unpaired) electrons. The second-order valence-electron chi connectivity index (χ2n) is 5.91. The summed E-state index contributed by atoms with van der Waals surface area (Å²) in [6, 6.07) is 5.08. The zero-order valence-corrected chi connectivity index (χ0v) is 15.8. The topological polar surface area (TPSA) is 89.1 Å². The number of nitrogen functional groups attached to an aromatic ring is 1. The molecule has 1 atom stereocenters. The van der Waals surface area contributed by atoms with Gasteiger partial charge in [0, 0.05) is 5.92 Å². The van der Waals surface area contributed by atoms with Crippen LogP contribution in [0.1, 0.15) is 47.3 Å². The predicted octanol–water partition coefficient (Wildman–Crippen LogP) is 5.00. The lowest BCUT2D eigenvalue weighted by atomic mass is 9.95. The van der Waals surface area contributed by atoms with Crippen molar-refractivity contribution in [2.75, 3.05) is 5.73 Å². The molecule has 0 bridgehead atoms. The molecule has 2 aromatic rings. The number of hydrogen-bond donors (Lipinski definition) is 2. The van der Waals surface area contributed by atoms with Crippen LogP contribution in [0.3, 0.4) is 0 Å². The van der Waals surface area contributed by atoms with Crippen molar-refractivity contribution < 1.29 is 9.90 Å². The fraction of sp³-hybridized carbons (Fsp3) is 0.211. The van der Waals surface area contributed by atoms with Crippen molar-refractivity contribution in [2.45, 2.75) is 30.6 Å². The first-order valence-electron chi connectivity index (χ1n) is 8.11. The Balaban J connectivity index is 1.90. The summed E-state index contributed by atoms with van der Waals surface area (Å²) in [6.45, 7) is 6.17.